The van der Waals surface area contributed by atoms with Crippen LogP contribution in [0.5, 0.6) is 5.75 Å². The molecule has 3 N–H and O–H groups in total. The fourth-order valence-electron chi connectivity index (χ4n) is 2.11. The molecule has 0 spiro atoms. The topological polar surface area (TPSA) is 48.0 Å². The van der Waals surface area contributed by atoms with Gasteiger partial charge in [0, 0.05) is 39.9 Å². The van der Waals surface area contributed by atoms with E-state index >= 15 is 0 Å². The van der Waals surface area contributed by atoms with Crippen molar-refractivity contribution in [3.05, 3.63) is 58.2 Å². The summed E-state index contributed by atoms with van der Waals surface area (Å²) < 4.78 is 0. The maximum absolute atomic E-state index is 9.90. The molecule has 1 aromatic heterocycles. The van der Waals surface area contributed by atoms with Crippen LogP contribution in [0.25, 0.3) is 10.9 Å². The van der Waals surface area contributed by atoms with Crippen LogP contribution in [0.3, 0.4) is 0 Å². The number of aromatic hydroxyl groups is 1. The quantitative estimate of drug-likeness (QED) is 0.651. The molecule has 0 saturated heterocycles. The summed E-state index contributed by atoms with van der Waals surface area (Å²) in [7, 11) is 0. The molecule has 102 valence electrons. The second-order valence-corrected chi connectivity index (χ2v) is 5.37. The van der Waals surface area contributed by atoms with Crippen molar-refractivity contribution in [3.63, 3.8) is 0 Å². The van der Waals surface area contributed by atoms with Gasteiger partial charge in [0.25, 0.3) is 0 Å². The van der Waals surface area contributed by atoms with Gasteiger partial charge in [-0.15, -0.1) is 0 Å². The summed E-state index contributed by atoms with van der Waals surface area (Å²) in [6.45, 7) is 0.446. The van der Waals surface area contributed by atoms with Crippen molar-refractivity contribution < 1.29 is 5.11 Å². The van der Waals surface area contributed by atoms with Gasteiger partial charge in [0.15, 0.2) is 0 Å². The highest BCUT2D eigenvalue weighted by Gasteiger charge is 2.08. The first-order chi connectivity index (χ1) is 9.63. The molecule has 0 aliphatic carbocycles. The highest BCUT2D eigenvalue weighted by molar-refractivity contribution is 6.35. The summed E-state index contributed by atoms with van der Waals surface area (Å²) in [5, 5.41) is 15.0. The van der Waals surface area contributed by atoms with Crippen molar-refractivity contribution in [2.24, 2.45) is 0 Å². The summed E-state index contributed by atoms with van der Waals surface area (Å²) in [6, 6.07) is 11.2. The van der Waals surface area contributed by atoms with Gasteiger partial charge in [-0.25, -0.2) is 0 Å². The van der Waals surface area contributed by atoms with E-state index in [0.29, 0.717) is 17.1 Å². The number of halogens is 2. The summed E-state index contributed by atoms with van der Waals surface area (Å²) in [4.78, 5) is 3.14. The smallest absolute Gasteiger partial charge is 0.139 e. The Bertz CT molecular complexity index is 768. The van der Waals surface area contributed by atoms with Gasteiger partial charge in [0.1, 0.15) is 5.75 Å². The number of phenolic OH excluding ortho intramolecular Hbond substituents is 1. The number of hydrogen-bond donors (Lipinski definition) is 3. The minimum atomic E-state index is 0.0614. The SMILES string of the molecule is Oc1c(Cl)cc(Cl)cc1CNc1ccc2[nH]ccc2c1. The minimum absolute atomic E-state index is 0.0614. The van der Waals surface area contributed by atoms with E-state index in [9.17, 15) is 5.11 Å². The molecule has 0 amide bonds. The zero-order chi connectivity index (χ0) is 14.1. The van der Waals surface area contributed by atoms with Gasteiger partial charge in [0.05, 0.1) is 5.02 Å². The van der Waals surface area contributed by atoms with Crippen LogP contribution in [0.15, 0.2) is 42.6 Å². The van der Waals surface area contributed by atoms with Crippen molar-refractivity contribution >= 4 is 39.8 Å². The third-order valence-electron chi connectivity index (χ3n) is 3.14. The Balaban J connectivity index is 1.82. The Morgan fingerprint density at radius 1 is 1.10 bits per heavy atom. The van der Waals surface area contributed by atoms with Crippen LogP contribution in [0.2, 0.25) is 10.0 Å². The van der Waals surface area contributed by atoms with Crippen molar-refractivity contribution in [2.75, 3.05) is 5.32 Å². The number of rotatable bonds is 3. The van der Waals surface area contributed by atoms with Crippen LogP contribution in [0.4, 0.5) is 5.69 Å². The van der Waals surface area contributed by atoms with Crippen molar-refractivity contribution in [1.29, 1.82) is 0 Å². The third-order valence-corrected chi connectivity index (χ3v) is 3.65. The van der Waals surface area contributed by atoms with Crippen molar-refractivity contribution in [3.8, 4) is 5.75 Å². The third kappa shape index (κ3) is 2.55. The number of fused-ring (bicyclic) bond motifs is 1. The van der Waals surface area contributed by atoms with Crippen LogP contribution in [0, 0.1) is 0 Å². The molecular weight excluding hydrogens is 295 g/mol. The summed E-state index contributed by atoms with van der Waals surface area (Å²) in [6.07, 6.45) is 1.90. The summed E-state index contributed by atoms with van der Waals surface area (Å²) in [5.74, 6) is 0.0614. The zero-order valence-electron chi connectivity index (χ0n) is 10.5. The number of nitrogens with one attached hydrogen (secondary N) is 2. The van der Waals surface area contributed by atoms with Gasteiger partial charge < -0.3 is 15.4 Å². The van der Waals surface area contributed by atoms with E-state index in [4.69, 9.17) is 23.2 Å². The molecule has 0 atom stereocenters. The fraction of sp³-hybridized carbons (Fsp3) is 0.0667. The molecule has 0 unspecified atom stereocenters. The average molecular weight is 307 g/mol. The maximum Gasteiger partial charge on any atom is 0.139 e. The Hall–Kier alpha value is -1.84. The molecule has 1 heterocycles. The summed E-state index contributed by atoms with van der Waals surface area (Å²) >= 11 is 11.8. The van der Waals surface area contributed by atoms with Crippen LogP contribution in [0.1, 0.15) is 5.56 Å². The molecule has 3 aromatic rings. The van der Waals surface area contributed by atoms with E-state index in [-0.39, 0.29) is 10.8 Å². The standard InChI is InChI=1S/C15H12Cl2N2O/c16-11-5-10(15(20)13(17)7-11)8-19-12-1-2-14-9(6-12)3-4-18-14/h1-7,18-20H,8H2. The number of aromatic amines is 1. The van der Waals surface area contributed by atoms with E-state index in [1.54, 1.807) is 6.07 Å². The lowest BCUT2D eigenvalue weighted by molar-refractivity contribution is 0.469. The second-order valence-electron chi connectivity index (χ2n) is 4.53. The number of hydrogen-bond acceptors (Lipinski definition) is 2. The van der Waals surface area contributed by atoms with Gasteiger partial charge in [-0.2, -0.15) is 0 Å². The molecule has 20 heavy (non-hydrogen) atoms. The molecule has 0 aliphatic heterocycles. The number of H-pyrrole nitrogens is 1. The first kappa shape index (κ1) is 13.2. The van der Waals surface area contributed by atoms with E-state index in [2.05, 4.69) is 10.3 Å². The average Bonchev–Trinajstić information content (AvgIpc) is 2.88. The zero-order valence-corrected chi connectivity index (χ0v) is 12.0. The molecule has 2 aromatic carbocycles. The molecule has 5 heteroatoms. The second kappa shape index (κ2) is 5.27. The Morgan fingerprint density at radius 3 is 2.80 bits per heavy atom. The number of anilines is 1. The Kier molecular flexibility index (Phi) is 3.47. The largest absolute Gasteiger partial charge is 0.506 e. The lowest BCUT2D eigenvalue weighted by Gasteiger charge is -2.10. The van der Waals surface area contributed by atoms with Gasteiger partial charge in [-0.1, -0.05) is 23.2 Å². The molecular formula is C15H12Cl2N2O. The normalized spacial score (nSPS) is 10.9. The van der Waals surface area contributed by atoms with Crippen LogP contribution in [-0.4, -0.2) is 10.1 Å². The first-order valence-electron chi connectivity index (χ1n) is 6.11. The number of benzene rings is 2. The molecule has 3 nitrogen and oxygen atoms in total. The monoisotopic (exact) mass is 306 g/mol. The van der Waals surface area contributed by atoms with Gasteiger partial charge in [0.2, 0.25) is 0 Å². The van der Waals surface area contributed by atoms with Gasteiger partial charge in [-0.05, 0) is 36.4 Å². The predicted molar refractivity (Wildman–Crippen MR) is 83.8 cm³/mol. The molecule has 3 rings (SSSR count). The van der Waals surface area contributed by atoms with E-state index in [1.165, 1.54) is 6.07 Å². The minimum Gasteiger partial charge on any atom is -0.506 e. The lowest BCUT2D eigenvalue weighted by atomic mass is 10.2. The van der Waals surface area contributed by atoms with Crippen LogP contribution in [-0.2, 0) is 6.54 Å². The van der Waals surface area contributed by atoms with Gasteiger partial charge >= 0.3 is 0 Å². The number of aromatic nitrogens is 1. The summed E-state index contributed by atoms with van der Waals surface area (Å²) in [5.41, 5.74) is 2.72. The van der Waals surface area contributed by atoms with E-state index in [1.807, 2.05) is 30.5 Å². The molecule has 0 aliphatic rings. The van der Waals surface area contributed by atoms with Crippen molar-refractivity contribution in [2.45, 2.75) is 6.54 Å². The lowest BCUT2D eigenvalue weighted by Crippen LogP contribution is -1.99. The highest BCUT2D eigenvalue weighted by Crippen LogP contribution is 2.31. The molecule has 0 fully saturated rings. The molecule has 0 bridgehead atoms. The number of phenols is 1. The fourth-order valence-corrected chi connectivity index (χ4v) is 2.65. The molecule has 0 radical (unpaired) electrons. The van der Waals surface area contributed by atoms with E-state index in [0.717, 1.165) is 16.6 Å². The maximum atomic E-state index is 9.90. The van der Waals surface area contributed by atoms with E-state index < -0.39 is 0 Å². The van der Waals surface area contributed by atoms with Crippen LogP contribution < -0.4 is 5.32 Å². The molecule has 0 saturated carbocycles. The van der Waals surface area contributed by atoms with Gasteiger partial charge in [-0.3, -0.25) is 0 Å². The predicted octanol–water partition coefficient (Wildman–Crippen LogP) is 4.79. The highest BCUT2D eigenvalue weighted by atomic mass is 35.5. The first-order valence-corrected chi connectivity index (χ1v) is 6.87. The van der Waals surface area contributed by atoms with Crippen LogP contribution >= 0.6 is 23.2 Å². The van der Waals surface area contributed by atoms with Crippen molar-refractivity contribution in [1.82, 2.24) is 4.98 Å². The Labute approximate surface area is 126 Å². The Morgan fingerprint density at radius 2 is 1.95 bits per heavy atom.